The lowest BCUT2D eigenvalue weighted by Gasteiger charge is -2.30. The molecule has 0 spiro atoms. The molecule has 0 radical (unpaired) electrons. The molecular weight excluding hydrogens is 298 g/mol. The fourth-order valence-corrected chi connectivity index (χ4v) is 2.63. The Morgan fingerprint density at radius 3 is 2.70 bits per heavy atom. The molecule has 1 saturated heterocycles. The average Bonchev–Trinajstić information content (AvgIpc) is 2.98. The maximum atomic E-state index is 12.0. The molecule has 0 bridgehead atoms. The monoisotopic (exact) mass is 317 g/mol. The molecule has 3 rings (SSSR count). The summed E-state index contributed by atoms with van der Waals surface area (Å²) in [7, 11) is 0. The minimum Gasteiger partial charge on any atom is -0.452 e. The van der Waals surface area contributed by atoms with Gasteiger partial charge < -0.3 is 19.8 Å². The van der Waals surface area contributed by atoms with E-state index in [0.29, 0.717) is 31.9 Å². The molecule has 1 aliphatic heterocycles. The molecule has 1 aromatic heterocycles. The molecule has 7 heteroatoms. The SMILES string of the molecule is C[C@H](OC(=O)C1CCN(c2nc3ccccc3o2)CC1)C(N)=O. The van der Waals surface area contributed by atoms with Crippen LogP contribution < -0.4 is 10.6 Å². The van der Waals surface area contributed by atoms with Gasteiger partial charge in [0.2, 0.25) is 0 Å². The van der Waals surface area contributed by atoms with E-state index >= 15 is 0 Å². The minimum atomic E-state index is -0.891. The number of carbonyl (C=O) groups is 2. The molecule has 23 heavy (non-hydrogen) atoms. The van der Waals surface area contributed by atoms with Gasteiger partial charge in [0.25, 0.3) is 11.9 Å². The number of para-hydroxylation sites is 2. The molecule has 122 valence electrons. The second-order valence-electron chi connectivity index (χ2n) is 5.71. The van der Waals surface area contributed by atoms with Gasteiger partial charge >= 0.3 is 5.97 Å². The van der Waals surface area contributed by atoms with E-state index in [0.717, 1.165) is 11.1 Å². The Labute approximate surface area is 133 Å². The number of carbonyl (C=O) groups excluding carboxylic acids is 2. The van der Waals surface area contributed by atoms with Gasteiger partial charge in [0.15, 0.2) is 11.7 Å². The topological polar surface area (TPSA) is 98.7 Å². The normalized spacial score (nSPS) is 17.2. The van der Waals surface area contributed by atoms with Crippen LogP contribution >= 0.6 is 0 Å². The number of rotatable bonds is 4. The van der Waals surface area contributed by atoms with Gasteiger partial charge in [-0.2, -0.15) is 4.98 Å². The highest BCUT2D eigenvalue weighted by Gasteiger charge is 2.29. The lowest BCUT2D eigenvalue weighted by atomic mass is 9.97. The number of oxazole rings is 1. The fourth-order valence-electron chi connectivity index (χ4n) is 2.63. The van der Waals surface area contributed by atoms with Gasteiger partial charge in [-0.05, 0) is 31.9 Å². The highest BCUT2D eigenvalue weighted by Crippen LogP contribution is 2.26. The number of piperidine rings is 1. The van der Waals surface area contributed by atoms with Crippen molar-refractivity contribution in [3.63, 3.8) is 0 Å². The number of nitrogens with two attached hydrogens (primary N) is 1. The zero-order chi connectivity index (χ0) is 16.4. The molecule has 0 saturated carbocycles. The molecule has 7 nitrogen and oxygen atoms in total. The quantitative estimate of drug-likeness (QED) is 0.857. The fraction of sp³-hybridized carbons (Fsp3) is 0.438. The number of primary amides is 1. The van der Waals surface area contributed by atoms with E-state index in [1.807, 2.05) is 29.2 Å². The first-order valence-corrected chi connectivity index (χ1v) is 7.65. The van der Waals surface area contributed by atoms with Crippen molar-refractivity contribution >= 4 is 29.0 Å². The third-order valence-electron chi connectivity index (χ3n) is 4.08. The Hall–Kier alpha value is -2.57. The van der Waals surface area contributed by atoms with Crippen LogP contribution in [0.3, 0.4) is 0 Å². The largest absolute Gasteiger partial charge is 0.452 e. The van der Waals surface area contributed by atoms with Crippen LogP contribution in [0, 0.1) is 5.92 Å². The summed E-state index contributed by atoms with van der Waals surface area (Å²) in [5.74, 6) is -1.23. The number of amides is 1. The van der Waals surface area contributed by atoms with Crippen LogP contribution in [0.15, 0.2) is 28.7 Å². The molecule has 1 amide bonds. The second kappa shape index (κ2) is 6.28. The summed E-state index contributed by atoms with van der Waals surface area (Å²) in [6, 6.07) is 8.17. The summed E-state index contributed by atoms with van der Waals surface area (Å²) in [6.07, 6.45) is 0.365. The first-order chi connectivity index (χ1) is 11.0. The van der Waals surface area contributed by atoms with Crippen molar-refractivity contribution in [1.29, 1.82) is 0 Å². The number of aromatic nitrogens is 1. The van der Waals surface area contributed by atoms with Crippen LogP contribution in [0.5, 0.6) is 0 Å². The Balaban J connectivity index is 1.59. The van der Waals surface area contributed by atoms with Crippen molar-refractivity contribution in [3.8, 4) is 0 Å². The molecule has 2 N–H and O–H groups in total. The van der Waals surface area contributed by atoms with Gasteiger partial charge in [-0.15, -0.1) is 0 Å². The van der Waals surface area contributed by atoms with Gasteiger partial charge in [-0.1, -0.05) is 12.1 Å². The first-order valence-electron chi connectivity index (χ1n) is 7.65. The van der Waals surface area contributed by atoms with Crippen LogP contribution in [0.4, 0.5) is 6.01 Å². The highest BCUT2D eigenvalue weighted by atomic mass is 16.5. The number of benzene rings is 1. The van der Waals surface area contributed by atoms with Gasteiger partial charge in [0, 0.05) is 13.1 Å². The van der Waals surface area contributed by atoms with Crippen molar-refractivity contribution in [2.75, 3.05) is 18.0 Å². The average molecular weight is 317 g/mol. The van der Waals surface area contributed by atoms with E-state index in [-0.39, 0.29) is 11.9 Å². The van der Waals surface area contributed by atoms with Crippen molar-refractivity contribution in [2.45, 2.75) is 25.9 Å². The Bertz CT molecular complexity index is 686. The van der Waals surface area contributed by atoms with Gasteiger partial charge in [-0.25, -0.2) is 0 Å². The van der Waals surface area contributed by atoms with E-state index in [4.69, 9.17) is 14.9 Å². The van der Waals surface area contributed by atoms with Crippen molar-refractivity contribution < 1.29 is 18.7 Å². The molecule has 1 fully saturated rings. The van der Waals surface area contributed by atoms with Crippen LogP contribution in [0.25, 0.3) is 11.1 Å². The second-order valence-corrected chi connectivity index (χ2v) is 5.71. The molecule has 2 heterocycles. The molecule has 0 aliphatic carbocycles. The molecular formula is C16H19N3O4. The lowest BCUT2D eigenvalue weighted by molar-refractivity contribution is -0.158. The minimum absolute atomic E-state index is 0.225. The Kier molecular flexibility index (Phi) is 4.18. The summed E-state index contributed by atoms with van der Waals surface area (Å²) in [5.41, 5.74) is 6.67. The predicted octanol–water partition coefficient (Wildman–Crippen LogP) is 1.46. The number of esters is 1. The molecule has 1 atom stereocenters. The summed E-state index contributed by atoms with van der Waals surface area (Å²) >= 11 is 0. The number of nitrogens with zero attached hydrogens (tertiary/aromatic N) is 2. The molecule has 0 unspecified atom stereocenters. The van der Waals surface area contributed by atoms with Gasteiger partial charge in [0.1, 0.15) is 5.52 Å². The van der Waals surface area contributed by atoms with Crippen LogP contribution in [-0.2, 0) is 14.3 Å². The predicted molar refractivity (Wildman–Crippen MR) is 83.7 cm³/mol. The zero-order valence-electron chi connectivity index (χ0n) is 12.9. The van der Waals surface area contributed by atoms with E-state index in [1.54, 1.807) is 0 Å². The third-order valence-corrected chi connectivity index (χ3v) is 4.08. The van der Waals surface area contributed by atoms with Crippen LogP contribution in [0.1, 0.15) is 19.8 Å². The van der Waals surface area contributed by atoms with Crippen molar-refractivity contribution in [1.82, 2.24) is 4.98 Å². The number of hydrogen-bond donors (Lipinski definition) is 1. The van der Waals surface area contributed by atoms with E-state index in [2.05, 4.69) is 4.98 Å². The summed E-state index contributed by atoms with van der Waals surface area (Å²) in [4.78, 5) is 29.4. The molecule has 2 aromatic rings. The smallest absolute Gasteiger partial charge is 0.309 e. The van der Waals surface area contributed by atoms with Gasteiger partial charge in [0.05, 0.1) is 5.92 Å². The Morgan fingerprint density at radius 2 is 2.04 bits per heavy atom. The summed E-state index contributed by atoms with van der Waals surface area (Å²) < 4.78 is 10.8. The summed E-state index contributed by atoms with van der Waals surface area (Å²) in [6.45, 7) is 2.78. The van der Waals surface area contributed by atoms with Crippen LogP contribution in [-0.4, -0.2) is 36.1 Å². The van der Waals surface area contributed by atoms with Crippen molar-refractivity contribution in [2.24, 2.45) is 11.7 Å². The standard InChI is InChI=1S/C16H19N3O4/c1-10(14(17)20)22-15(21)11-6-8-19(9-7-11)16-18-12-4-2-3-5-13(12)23-16/h2-5,10-11H,6-9H2,1H3,(H2,17,20)/t10-/m0/s1. The maximum Gasteiger partial charge on any atom is 0.309 e. The first kappa shape index (κ1) is 15.3. The summed E-state index contributed by atoms with van der Waals surface area (Å²) in [5, 5.41) is 0. The van der Waals surface area contributed by atoms with Gasteiger partial charge in [-0.3, -0.25) is 9.59 Å². The highest BCUT2D eigenvalue weighted by molar-refractivity contribution is 5.82. The van der Waals surface area contributed by atoms with Crippen LogP contribution in [0.2, 0.25) is 0 Å². The lowest BCUT2D eigenvalue weighted by Crippen LogP contribution is -2.39. The van der Waals surface area contributed by atoms with E-state index in [9.17, 15) is 9.59 Å². The number of hydrogen-bond acceptors (Lipinski definition) is 6. The Morgan fingerprint density at radius 1 is 1.35 bits per heavy atom. The van der Waals surface area contributed by atoms with E-state index in [1.165, 1.54) is 6.92 Å². The zero-order valence-corrected chi connectivity index (χ0v) is 12.9. The number of fused-ring (bicyclic) bond motifs is 1. The van der Waals surface area contributed by atoms with Crippen molar-refractivity contribution in [3.05, 3.63) is 24.3 Å². The number of anilines is 1. The maximum absolute atomic E-state index is 12.0. The van der Waals surface area contributed by atoms with E-state index < -0.39 is 12.0 Å². The third kappa shape index (κ3) is 3.28. The number of ether oxygens (including phenoxy) is 1. The molecule has 1 aliphatic rings. The molecule has 1 aromatic carbocycles.